The second-order valence-corrected chi connectivity index (χ2v) is 5.98. The Morgan fingerprint density at radius 1 is 1.47 bits per heavy atom. The lowest BCUT2D eigenvalue weighted by Gasteiger charge is -2.38. The van der Waals surface area contributed by atoms with Crippen LogP contribution in [0.2, 0.25) is 0 Å². The van der Waals surface area contributed by atoms with E-state index in [2.05, 4.69) is 4.72 Å². The van der Waals surface area contributed by atoms with E-state index in [-0.39, 0.29) is 17.9 Å². The summed E-state index contributed by atoms with van der Waals surface area (Å²) in [7, 11) is -3.22. The normalized spacial score (nSPS) is 19.9. The van der Waals surface area contributed by atoms with Crippen LogP contribution in [0.5, 0.6) is 0 Å². The highest BCUT2D eigenvalue weighted by Crippen LogP contribution is 2.28. The predicted molar refractivity (Wildman–Crippen MR) is 59.1 cm³/mol. The highest BCUT2D eigenvalue weighted by Gasteiger charge is 2.33. The number of ether oxygens (including phenoxy) is 1. The average molecular weight is 236 g/mol. The van der Waals surface area contributed by atoms with E-state index < -0.39 is 10.0 Å². The van der Waals surface area contributed by atoms with Gasteiger partial charge in [0.15, 0.2) is 0 Å². The van der Waals surface area contributed by atoms with E-state index in [1.54, 1.807) is 0 Å². The Labute approximate surface area is 91.4 Å². The Morgan fingerprint density at radius 2 is 2.13 bits per heavy atom. The molecule has 1 saturated carbocycles. The average Bonchev–Trinajstić information content (AvgIpc) is 2.12. The zero-order valence-corrected chi connectivity index (χ0v) is 9.98. The van der Waals surface area contributed by atoms with E-state index >= 15 is 0 Å². The number of hydrogen-bond donors (Lipinski definition) is 2. The predicted octanol–water partition coefficient (Wildman–Crippen LogP) is -0.176. The molecule has 0 radical (unpaired) electrons. The Balaban J connectivity index is 2.23. The largest absolute Gasteiger partial charge is 0.381 e. The number of rotatable bonds is 7. The van der Waals surface area contributed by atoms with E-state index in [1.165, 1.54) is 0 Å². The molecule has 0 aliphatic heterocycles. The quantitative estimate of drug-likeness (QED) is 0.601. The molecule has 5 nitrogen and oxygen atoms in total. The molecular weight excluding hydrogens is 216 g/mol. The maximum Gasteiger partial charge on any atom is 0.213 e. The molecule has 0 amide bonds. The van der Waals surface area contributed by atoms with E-state index in [9.17, 15) is 8.42 Å². The molecule has 0 saturated heterocycles. The molecule has 0 aromatic heterocycles. The maximum absolute atomic E-state index is 11.4. The van der Waals surface area contributed by atoms with Gasteiger partial charge >= 0.3 is 0 Å². The molecule has 1 rings (SSSR count). The minimum Gasteiger partial charge on any atom is -0.381 e. The molecule has 0 heterocycles. The van der Waals surface area contributed by atoms with Crippen molar-refractivity contribution in [3.8, 4) is 0 Å². The van der Waals surface area contributed by atoms with Gasteiger partial charge in [0, 0.05) is 18.7 Å². The van der Waals surface area contributed by atoms with Gasteiger partial charge in [-0.05, 0) is 26.2 Å². The zero-order valence-electron chi connectivity index (χ0n) is 9.16. The van der Waals surface area contributed by atoms with Crippen LogP contribution in [0.15, 0.2) is 0 Å². The Hall–Kier alpha value is -0.170. The van der Waals surface area contributed by atoms with Crippen LogP contribution in [-0.4, -0.2) is 39.5 Å². The van der Waals surface area contributed by atoms with Crippen LogP contribution in [0.1, 0.15) is 26.2 Å². The molecule has 1 fully saturated rings. The van der Waals surface area contributed by atoms with Crippen molar-refractivity contribution >= 4 is 10.0 Å². The third kappa shape index (κ3) is 4.46. The van der Waals surface area contributed by atoms with Crippen molar-refractivity contribution in [2.75, 3.05) is 25.5 Å². The van der Waals surface area contributed by atoms with Crippen molar-refractivity contribution in [1.29, 1.82) is 0 Å². The number of sulfonamides is 1. The summed E-state index contributed by atoms with van der Waals surface area (Å²) in [4.78, 5) is 0. The van der Waals surface area contributed by atoms with Gasteiger partial charge in [-0.25, -0.2) is 13.1 Å². The third-order valence-corrected chi connectivity index (χ3v) is 3.98. The van der Waals surface area contributed by atoms with Crippen molar-refractivity contribution in [3.63, 3.8) is 0 Å². The fraction of sp³-hybridized carbons (Fsp3) is 1.00. The summed E-state index contributed by atoms with van der Waals surface area (Å²) in [6, 6.07) is 0. The Morgan fingerprint density at radius 3 is 2.60 bits per heavy atom. The maximum atomic E-state index is 11.4. The molecular formula is C9H20N2O3S. The molecule has 0 aromatic rings. The lowest BCUT2D eigenvalue weighted by molar-refractivity contribution is 0.163. The standard InChI is InChI=1S/C9H20N2O3S/c1-2-14-6-7-15(12,13)11-8-9(10)4-3-5-9/h11H,2-8,10H2,1H3. The molecule has 0 spiro atoms. The first-order chi connectivity index (χ1) is 6.97. The molecule has 90 valence electrons. The molecule has 1 aliphatic rings. The lowest BCUT2D eigenvalue weighted by Crippen LogP contribution is -2.55. The first-order valence-electron chi connectivity index (χ1n) is 5.31. The van der Waals surface area contributed by atoms with Crippen molar-refractivity contribution in [2.24, 2.45) is 5.73 Å². The van der Waals surface area contributed by atoms with Gasteiger partial charge in [-0.1, -0.05) is 0 Å². The van der Waals surface area contributed by atoms with Crippen molar-refractivity contribution in [1.82, 2.24) is 4.72 Å². The summed E-state index contributed by atoms with van der Waals surface area (Å²) in [5.74, 6) is 0.0108. The van der Waals surface area contributed by atoms with Crippen molar-refractivity contribution in [3.05, 3.63) is 0 Å². The second-order valence-electron chi connectivity index (χ2n) is 4.05. The van der Waals surface area contributed by atoms with Crippen LogP contribution in [0.3, 0.4) is 0 Å². The van der Waals surface area contributed by atoms with Crippen molar-refractivity contribution in [2.45, 2.75) is 31.7 Å². The van der Waals surface area contributed by atoms with E-state index in [0.717, 1.165) is 19.3 Å². The third-order valence-electron chi connectivity index (χ3n) is 2.69. The van der Waals surface area contributed by atoms with Crippen LogP contribution >= 0.6 is 0 Å². The van der Waals surface area contributed by atoms with E-state index in [1.807, 2.05) is 6.92 Å². The molecule has 15 heavy (non-hydrogen) atoms. The molecule has 1 aliphatic carbocycles. The molecule has 0 aromatic carbocycles. The minimum absolute atomic E-state index is 0.0108. The first-order valence-corrected chi connectivity index (χ1v) is 6.97. The Bertz CT molecular complexity index is 286. The number of nitrogens with two attached hydrogens (primary N) is 1. The summed E-state index contributed by atoms with van der Waals surface area (Å²) in [5.41, 5.74) is 5.60. The van der Waals surface area contributed by atoms with Crippen LogP contribution < -0.4 is 10.5 Å². The number of hydrogen-bond acceptors (Lipinski definition) is 4. The van der Waals surface area contributed by atoms with Crippen molar-refractivity contribution < 1.29 is 13.2 Å². The molecule has 0 atom stereocenters. The highest BCUT2D eigenvalue weighted by atomic mass is 32.2. The highest BCUT2D eigenvalue weighted by molar-refractivity contribution is 7.89. The zero-order chi connectivity index (χ0) is 11.4. The van der Waals surface area contributed by atoms with Gasteiger partial charge in [-0.15, -0.1) is 0 Å². The summed E-state index contributed by atoms with van der Waals surface area (Å²) in [6.45, 7) is 2.96. The van der Waals surface area contributed by atoms with Crippen LogP contribution in [-0.2, 0) is 14.8 Å². The molecule has 0 bridgehead atoms. The lowest BCUT2D eigenvalue weighted by atomic mass is 9.78. The smallest absolute Gasteiger partial charge is 0.213 e. The molecule has 6 heteroatoms. The fourth-order valence-electron chi connectivity index (χ4n) is 1.45. The van der Waals surface area contributed by atoms with Gasteiger partial charge in [0.1, 0.15) is 0 Å². The van der Waals surface area contributed by atoms with E-state index in [4.69, 9.17) is 10.5 Å². The van der Waals surface area contributed by atoms with Gasteiger partial charge < -0.3 is 10.5 Å². The first kappa shape index (κ1) is 12.9. The second kappa shape index (κ2) is 5.25. The van der Waals surface area contributed by atoms with Gasteiger partial charge in [-0.3, -0.25) is 0 Å². The Kier molecular flexibility index (Phi) is 4.51. The summed E-state index contributed by atoms with van der Waals surface area (Å²) in [5, 5.41) is 0. The number of nitrogens with one attached hydrogen (secondary N) is 1. The van der Waals surface area contributed by atoms with Gasteiger partial charge in [-0.2, -0.15) is 0 Å². The van der Waals surface area contributed by atoms with Crippen LogP contribution in [0, 0.1) is 0 Å². The summed E-state index contributed by atoms with van der Waals surface area (Å²) < 4.78 is 30.4. The fourth-order valence-corrected chi connectivity index (χ4v) is 2.44. The molecule has 0 unspecified atom stereocenters. The van der Waals surface area contributed by atoms with Gasteiger partial charge in [0.05, 0.1) is 12.4 Å². The molecule has 3 N–H and O–H groups in total. The van der Waals surface area contributed by atoms with Gasteiger partial charge in [0.25, 0.3) is 0 Å². The minimum atomic E-state index is -3.22. The SMILES string of the molecule is CCOCCS(=O)(=O)NCC1(N)CCC1. The van der Waals surface area contributed by atoms with Crippen LogP contribution in [0.4, 0.5) is 0 Å². The van der Waals surface area contributed by atoms with E-state index in [0.29, 0.717) is 13.2 Å². The summed E-state index contributed by atoms with van der Waals surface area (Å²) >= 11 is 0. The van der Waals surface area contributed by atoms with Crippen LogP contribution in [0.25, 0.3) is 0 Å². The topological polar surface area (TPSA) is 81.4 Å². The monoisotopic (exact) mass is 236 g/mol. The summed E-state index contributed by atoms with van der Waals surface area (Å²) in [6.07, 6.45) is 2.90. The van der Waals surface area contributed by atoms with Gasteiger partial charge in [0.2, 0.25) is 10.0 Å².